The van der Waals surface area contributed by atoms with Gasteiger partial charge in [0.1, 0.15) is 0 Å². The van der Waals surface area contributed by atoms with E-state index in [-0.39, 0.29) is 18.4 Å². The minimum Gasteiger partial charge on any atom is -0.347 e. The molecule has 0 radical (unpaired) electrons. The van der Waals surface area contributed by atoms with Crippen LogP contribution >= 0.6 is 0 Å². The molecular formula is C12H15N5O2. The van der Waals surface area contributed by atoms with Gasteiger partial charge in [-0.2, -0.15) is 10.1 Å². The summed E-state index contributed by atoms with van der Waals surface area (Å²) >= 11 is 0. The maximum absolute atomic E-state index is 11.5. The Morgan fingerprint density at radius 2 is 2.42 bits per heavy atom. The lowest BCUT2D eigenvalue weighted by molar-refractivity contribution is -0.122. The predicted octanol–water partition coefficient (Wildman–Crippen LogP) is 0.979. The number of hydrogen-bond donors (Lipinski definition) is 1. The van der Waals surface area contributed by atoms with Crippen LogP contribution in [-0.4, -0.2) is 25.8 Å². The minimum absolute atomic E-state index is 0.0681. The Hall–Kier alpha value is -2.18. The van der Waals surface area contributed by atoms with E-state index >= 15 is 0 Å². The van der Waals surface area contributed by atoms with Crippen molar-refractivity contribution in [1.82, 2.24) is 25.2 Å². The maximum Gasteiger partial charge on any atom is 0.246 e. The molecule has 2 aromatic heterocycles. The molecule has 1 aliphatic rings. The van der Waals surface area contributed by atoms with Crippen molar-refractivity contribution in [3.8, 4) is 11.4 Å². The van der Waals surface area contributed by atoms with E-state index in [9.17, 15) is 4.79 Å². The van der Waals surface area contributed by atoms with Gasteiger partial charge in [0.05, 0.1) is 18.3 Å². The number of nitrogens with zero attached hydrogens (tertiary/aromatic N) is 4. The van der Waals surface area contributed by atoms with Crippen molar-refractivity contribution in [3.05, 3.63) is 18.3 Å². The van der Waals surface area contributed by atoms with E-state index in [1.165, 1.54) is 0 Å². The first kappa shape index (κ1) is 11.9. The Balaban J connectivity index is 1.63. The van der Waals surface area contributed by atoms with Gasteiger partial charge in [-0.15, -0.1) is 0 Å². The summed E-state index contributed by atoms with van der Waals surface area (Å²) in [5, 5.41) is 10.8. The molecule has 1 aliphatic carbocycles. The number of amides is 1. The van der Waals surface area contributed by atoms with Gasteiger partial charge in [0.25, 0.3) is 0 Å². The SMILES string of the molecule is CCn1cc(-c2noc(CNC(=O)C3CC3)n2)cn1. The van der Waals surface area contributed by atoms with Gasteiger partial charge in [0.2, 0.25) is 17.6 Å². The van der Waals surface area contributed by atoms with Gasteiger partial charge in [-0.05, 0) is 19.8 Å². The third kappa shape index (κ3) is 2.64. The smallest absolute Gasteiger partial charge is 0.246 e. The lowest BCUT2D eigenvalue weighted by Crippen LogP contribution is -2.24. The average Bonchev–Trinajstić information content (AvgIpc) is 2.99. The van der Waals surface area contributed by atoms with E-state index in [2.05, 4.69) is 20.6 Å². The molecular weight excluding hydrogens is 246 g/mol. The zero-order valence-corrected chi connectivity index (χ0v) is 10.7. The molecule has 100 valence electrons. The first-order chi connectivity index (χ1) is 9.26. The van der Waals surface area contributed by atoms with Crippen LogP contribution in [-0.2, 0) is 17.9 Å². The number of carbonyl (C=O) groups is 1. The van der Waals surface area contributed by atoms with Gasteiger partial charge in [-0.25, -0.2) is 0 Å². The van der Waals surface area contributed by atoms with Gasteiger partial charge >= 0.3 is 0 Å². The van der Waals surface area contributed by atoms with Gasteiger partial charge in [0, 0.05) is 18.7 Å². The van der Waals surface area contributed by atoms with E-state index in [4.69, 9.17) is 4.52 Å². The topological polar surface area (TPSA) is 85.8 Å². The van der Waals surface area contributed by atoms with Crippen LogP contribution < -0.4 is 5.32 Å². The second-order valence-corrected chi connectivity index (χ2v) is 4.59. The average molecular weight is 261 g/mol. The third-order valence-corrected chi connectivity index (χ3v) is 3.05. The molecule has 3 rings (SSSR count). The standard InChI is InChI=1S/C12H15N5O2/c1-2-17-7-9(5-14-17)11-15-10(19-16-11)6-13-12(18)8-3-4-8/h5,7-8H,2-4,6H2,1H3,(H,13,18). The van der Waals surface area contributed by atoms with Crippen LogP contribution in [0.3, 0.4) is 0 Å². The molecule has 0 bridgehead atoms. The number of rotatable bonds is 5. The van der Waals surface area contributed by atoms with E-state index in [0.717, 1.165) is 24.9 Å². The molecule has 7 nitrogen and oxygen atoms in total. The molecule has 19 heavy (non-hydrogen) atoms. The number of aryl methyl sites for hydroxylation is 1. The van der Waals surface area contributed by atoms with Gasteiger partial charge in [-0.3, -0.25) is 9.48 Å². The summed E-state index contributed by atoms with van der Waals surface area (Å²) in [7, 11) is 0. The normalized spacial score (nSPS) is 14.6. The largest absolute Gasteiger partial charge is 0.347 e. The zero-order chi connectivity index (χ0) is 13.2. The quantitative estimate of drug-likeness (QED) is 0.867. The summed E-state index contributed by atoms with van der Waals surface area (Å²) in [6, 6.07) is 0. The molecule has 1 fully saturated rings. The van der Waals surface area contributed by atoms with Gasteiger partial charge < -0.3 is 9.84 Å². The fraction of sp³-hybridized carbons (Fsp3) is 0.500. The summed E-state index contributed by atoms with van der Waals surface area (Å²) in [4.78, 5) is 15.7. The van der Waals surface area contributed by atoms with Crippen molar-refractivity contribution in [2.75, 3.05) is 0 Å². The molecule has 0 atom stereocenters. The van der Waals surface area contributed by atoms with Crippen LogP contribution in [0, 0.1) is 5.92 Å². The Bertz CT molecular complexity index is 584. The molecule has 2 aromatic rings. The summed E-state index contributed by atoms with van der Waals surface area (Å²) in [6.45, 7) is 3.08. The highest BCUT2D eigenvalue weighted by Crippen LogP contribution is 2.28. The van der Waals surface area contributed by atoms with E-state index in [1.807, 2.05) is 13.1 Å². The summed E-state index contributed by atoms with van der Waals surface area (Å²) in [5.74, 6) is 1.16. The first-order valence-corrected chi connectivity index (χ1v) is 6.39. The van der Waals surface area contributed by atoms with E-state index < -0.39 is 0 Å². The first-order valence-electron chi connectivity index (χ1n) is 6.39. The highest BCUT2D eigenvalue weighted by atomic mass is 16.5. The molecule has 1 N–H and O–H groups in total. The molecule has 0 spiro atoms. The van der Waals surface area contributed by atoms with Crippen LogP contribution in [0.1, 0.15) is 25.7 Å². The van der Waals surface area contributed by atoms with Crippen molar-refractivity contribution in [3.63, 3.8) is 0 Å². The van der Waals surface area contributed by atoms with Crippen LogP contribution in [0.25, 0.3) is 11.4 Å². The third-order valence-electron chi connectivity index (χ3n) is 3.05. The fourth-order valence-electron chi connectivity index (χ4n) is 1.75. The molecule has 0 saturated heterocycles. The zero-order valence-electron chi connectivity index (χ0n) is 10.7. The molecule has 1 amide bonds. The molecule has 2 heterocycles. The van der Waals surface area contributed by atoms with E-state index in [1.54, 1.807) is 10.9 Å². The van der Waals surface area contributed by atoms with Crippen molar-refractivity contribution >= 4 is 5.91 Å². The van der Waals surface area contributed by atoms with Crippen LogP contribution in [0.2, 0.25) is 0 Å². The Morgan fingerprint density at radius 1 is 1.58 bits per heavy atom. The monoisotopic (exact) mass is 261 g/mol. The molecule has 0 aromatic carbocycles. The lowest BCUT2D eigenvalue weighted by Gasteiger charge is -1.98. The van der Waals surface area contributed by atoms with Crippen molar-refractivity contribution in [2.24, 2.45) is 5.92 Å². The molecule has 1 saturated carbocycles. The van der Waals surface area contributed by atoms with Gasteiger partial charge in [-0.1, -0.05) is 5.16 Å². The number of carbonyl (C=O) groups excluding carboxylic acids is 1. The highest BCUT2D eigenvalue weighted by molar-refractivity contribution is 5.80. The Kier molecular flexibility index (Phi) is 3.02. The number of hydrogen-bond acceptors (Lipinski definition) is 5. The predicted molar refractivity (Wildman–Crippen MR) is 65.8 cm³/mol. The second kappa shape index (κ2) is 4.83. The Labute approximate surface area is 110 Å². The van der Waals surface area contributed by atoms with Crippen LogP contribution in [0.5, 0.6) is 0 Å². The van der Waals surface area contributed by atoms with Crippen molar-refractivity contribution in [2.45, 2.75) is 32.9 Å². The van der Waals surface area contributed by atoms with E-state index in [0.29, 0.717) is 11.7 Å². The van der Waals surface area contributed by atoms with Crippen LogP contribution in [0.4, 0.5) is 0 Å². The molecule has 0 aliphatic heterocycles. The second-order valence-electron chi connectivity index (χ2n) is 4.59. The highest BCUT2D eigenvalue weighted by Gasteiger charge is 2.29. The molecule has 7 heteroatoms. The Morgan fingerprint density at radius 3 is 3.11 bits per heavy atom. The van der Waals surface area contributed by atoms with Crippen molar-refractivity contribution < 1.29 is 9.32 Å². The summed E-state index contributed by atoms with van der Waals surface area (Å²) in [5.41, 5.74) is 0.811. The molecule has 0 unspecified atom stereocenters. The fourth-order valence-corrected chi connectivity index (χ4v) is 1.75. The number of aromatic nitrogens is 4. The van der Waals surface area contributed by atoms with Crippen LogP contribution in [0.15, 0.2) is 16.9 Å². The maximum atomic E-state index is 11.5. The van der Waals surface area contributed by atoms with Gasteiger partial charge in [0.15, 0.2) is 0 Å². The lowest BCUT2D eigenvalue weighted by atomic mass is 10.3. The summed E-state index contributed by atoms with van der Waals surface area (Å²) < 4.78 is 6.89. The summed E-state index contributed by atoms with van der Waals surface area (Å²) in [6.07, 6.45) is 5.52. The number of nitrogens with one attached hydrogen (secondary N) is 1. The van der Waals surface area contributed by atoms with Crippen molar-refractivity contribution in [1.29, 1.82) is 0 Å². The minimum atomic E-state index is 0.0681.